The molecule has 0 atom stereocenters. The maximum Gasteiger partial charge on any atom is 0.272 e. The largest absolute Gasteiger partial charge is 0.378 e. The topological polar surface area (TPSA) is 74.3 Å². The predicted octanol–water partition coefficient (Wildman–Crippen LogP) is 2.98. The van der Waals surface area contributed by atoms with E-state index < -0.39 is 5.92 Å². The molecule has 1 heterocycles. The third-order valence-electron chi connectivity index (χ3n) is 4.30. The van der Waals surface area contributed by atoms with Gasteiger partial charge < -0.3 is 15.5 Å². The van der Waals surface area contributed by atoms with E-state index in [2.05, 4.69) is 15.6 Å². The van der Waals surface area contributed by atoms with Crippen molar-refractivity contribution in [3.63, 3.8) is 0 Å². The van der Waals surface area contributed by atoms with Gasteiger partial charge in [0.15, 0.2) is 0 Å². The number of nitrogens with zero attached hydrogens (tertiary/aromatic N) is 2. The Hall–Kier alpha value is -2.87. The van der Waals surface area contributed by atoms with Crippen LogP contribution in [0.3, 0.4) is 0 Å². The first-order valence-corrected chi connectivity index (χ1v) is 9.29. The average Bonchev–Trinajstić information content (AvgIpc) is 2.69. The average molecular weight is 404 g/mol. The lowest BCUT2D eigenvalue weighted by molar-refractivity contribution is 0.0170. The number of hydrogen-bond acceptors (Lipinski definition) is 5. The van der Waals surface area contributed by atoms with Crippen molar-refractivity contribution in [2.75, 3.05) is 32.1 Å². The van der Waals surface area contributed by atoms with Crippen LogP contribution in [0, 0.1) is 0 Å². The van der Waals surface area contributed by atoms with E-state index in [-0.39, 0.29) is 11.5 Å². The molecule has 29 heavy (non-hydrogen) atoms. The normalized spacial score (nSPS) is 11.2. The third kappa shape index (κ3) is 6.90. The summed E-state index contributed by atoms with van der Waals surface area (Å²) in [6.07, 6.45) is 4.09. The molecule has 6 nitrogen and oxygen atoms in total. The molecule has 0 saturated heterocycles. The second-order valence-corrected chi connectivity index (χ2v) is 7.08. The van der Waals surface area contributed by atoms with Gasteiger partial charge in [-0.3, -0.25) is 14.6 Å². The molecule has 0 saturated carbocycles. The molecular weight excluding hydrogens is 378 g/mol. The highest BCUT2D eigenvalue weighted by Crippen LogP contribution is 2.26. The summed E-state index contributed by atoms with van der Waals surface area (Å²) >= 11 is 0. The molecule has 156 valence electrons. The number of amides is 1. The molecular formula is C21H26F2N4O2. The fraction of sp³-hybridized carbons (Fsp3) is 0.381. The fourth-order valence-corrected chi connectivity index (χ4v) is 2.67. The Morgan fingerprint density at radius 3 is 2.59 bits per heavy atom. The third-order valence-corrected chi connectivity index (χ3v) is 4.30. The number of pyridine rings is 1. The van der Waals surface area contributed by atoms with E-state index in [0.717, 1.165) is 12.6 Å². The Kier molecular flexibility index (Phi) is 7.78. The summed E-state index contributed by atoms with van der Waals surface area (Å²) in [4.78, 5) is 29.1. The van der Waals surface area contributed by atoms with Crippen LogP contribution in [-0.4, -0.2) is 44.4 Å². The summed E-state index contributed by atoms with van der Waals surface area (Å²) in [5.41, 5.74) is 2.20. The number of alkyl halides is 2. The number of aromatic nitrogens is 1. The number of rotatable bonds is 10. The van der Waals surface area contributed by atoms with Crippen molar-refractivity contribution in [3.8, 4) is 0 Å². The van der Waals surface area contributed by atoms with Gasteiger partial charge in [0.1, 0.15) is 6.29 Å². The Morgan fingerprint density at radius 1 is 1.17 bits per heavy atom. The first-order valence-electron chi connectivity index (χ1n) is 9.29. The number of anilines is 1. The molecule has 2 rings (SSSR count). The van der Waals surface area contributed by atoms with E-state index in [1.54, 1.807) is 24.4 Å². The molecule has 0 fully saturated rings. The molecule has 1 aromatic heterocycles. The zero-order valence-corrected chi connectivity index (χ0v) is 16.8. The van der Waals surface area contributed by atoms with Gasteiger partial charge in [-0.15, -0.1) is 0 Å². The van der Waals surface area contributed by atoms with Crippen molar-refractivity contribution in [2.24, 2.45) is 0 Å². The molecule has 8 heteroatoms. The number of hydrogen-bond donors (Lipinski definition) is 2. The van der Waals surface area contributed by atoms with E-state index in [9.17, 15) is 18.4 Å². The van der Waals surface area contributed by atoms with Crippen LogP contribution in [0.1, 0.15) is 45.2 Å². The molecule has 0 radical (unpaired) electrons. The van der Waals surface area contributed by atoms with Crippen LogP contribution in [-0.2, 0) is 12.5 Å². The summed E-state index contributed by atoms with van der Waals surface area (Å²) < 4.78 is 26.7. The van der Waals surface area contributed by atoms with Gasteiger partial charge in [0, 0.05) is 68.9 Å². The molecule has 0 unspecified atom stereocenters. The van der Waals surface area contributed by atoms with E-state index in [0.29, 0.717) is 49.0 Å². The Morgan fingerprint density at radius 2 is 1.93 bits per heavy atom. The number of carbonyl (C=O) groups is 2. The smallest absolute Gasteiger partial charge is 0.272 e. The van der Waals surface area contributed by atoms with Crippen molar-refractivity contribution in [3.05, 3.63) is 58.9 Å². The standard InChI is InChI=1S/C21H26F2N4O2/c1-21(22,23)18-8-16(12-25-13-18)11-24-5-4-6-26-20(29)17-7-15(14-28)9-19(10-17)27(2)3/h7-10,12-14,24H,4-6,11H2,1-3H3,(H,26,29). The molecule has 0 bridgehead atoms. The van der Waals surface area contributed by atoms with Crippen molar-refractivity contribution in [1.29, 1.82) is 0 Å². The first-order chi connectivity index (χ1) is 13.7. The molecule has 2 N–H and O–H groups in total. The predicted molar refractivity (Wildman–Crippen MR) is 109 cm³/mol. The van der Waals surface area contributed by atoms with Crippen LogP contribution in [0.2, 0.25) is 0 Å². The molecule has 0 aliphatic carbocycles. The lowest BCUT2D eigenvalue weighted by Crippen LogP contribution is -2.27. The number of nitrogens with one attached hydrogen (secondary N) is 2. The molecule has 1 aromatic carbocycles. The van der Waals surface area contributed by atoms with Crippen LogP contribution < -0.4 is 15.5 Å². The first kappa shape index (κ1) is 22.4. The molecule has 1 amide bonds. The van der Waals surface area contributed by atoms with Gasteiger partial charge in [-0.1, -0.05) is 0 Å². The lowest BCUT2D eigenvalue weighted by Gasteiger charge is -2.15. The maximum absolute atomic E-state index is 13.3. The van der Waals surface area contributed by atoms with Gasteiger partial charge in [-0.05, 0) is 42.8 Å². The highest BCUT2D eigenvalue weighted by Gasteiger charge is 2.24. The van der Waals surface area contributed by atoms with E-state index >= 15 is 0 Å². The van der Waals surface area contributed by atoms with Crippen molar-refractivity contribution in [2.45, 2.75) is 25.8 Å². The zero-order chi connectivity index (χ0) is 21.4. The van der Waals surface area contributed by atoms with Crippen LogP contribution >= 0.6 is 0 Å². The number of benzene rings is 1. The molecule has 0 spiro atoms. The highest BCUT2D eigenvalue weighted by atomic mass is 19.3. The van der Waals surface area contributed by atoms with Gasteiger partial charge in [0.2, 0.25) is 0 Å². The highest BCUT2D eigenvalue weighted by molar-refractivity contribution is 5.97. The SMILES string of the molecule is CN(C)c1cc(C=O)cc(C(=O)NCCCNCc2cncc(C(C)(F)F)c2)c1. The fourth-order valence-electron chi connectivity index (χ4n) is 2.67. The Bertz CT molecular complexity index is 851. The van der Waals surface area contributed by atoms with Gasteiger partial charge in [0.25, 0.3) is 11.8 Å². The monoisotopic (exact) mass is 404 g/mol. The summed E-state index contributed by atoms with van der Waals surface area (Å²) in [6, 6.07) is 6.43. The van der Waals surface area contributed by atoms with E-state index in [1.807, 2.05) is 19.0 Å². The Balaban J connectivity index is 1.78. The minimum atomic E-state index is -2.92. The quantitative estimate of drug-likeness (QED) is 0.470. The minimum absolute atomic E-state index is 0.112. The Labute approximate surface area is 169 Å². The van der Waals surface area contributed by atoms with Crippen LogP contribution in [0.5, 0.6) is 0 Å². The second-order valence-electron chi connectivity index (χ2n) is 7.08. The minimum Gasteiger partial charge on any atom is -0.378 e. The van der Waals surface area contributed by atoms with Crippen LogP contribution in [0.25, 0.3) is 0 Å². The van der Waals surface area contributed by atoms with Crippen molar-refractivity contribution in [1.82, 2.24) is 15.6 Å². The molecule has 0 aliphatic heterocycles. The number of halogens is 2. The van der Waals surface area contributed by atoms with Gasteiger partial charge in [0.05, 0.1) is 0 Å². The molecule has 2 aromatic rings. The van der Waals surface area contributed by atoms with Crippen molar-refractivity contribution < 1.29 is 18.4 Å². The van der Waals surface area contributed by atoms with Gasteiger partial charge >= 0.3 is 0 Å². The second kappa shape index (κ2) is 10.1. The van der Waals surface area contributed by atoms with Crippen LogP contribution in [0.15, 0.2) is 36.7 Å². The zero-order valence-electron chi connectivity index (χ0n) is 16.8. The lowest BCUT2D eigenvalue weighted by atomic mass is 10.1. The van der Waals surface area contributed by atoms with E-state index in [4.69, 9.17) is 0 Å². The summed E-state index contributed by atoms with van der Waals surface area (Å²) in [5, 5.41) is 5.97. The van der Waals surface area contributed by atoms with Crippen LogP contribution in [0.4, 0.5) is 14.5 Å². The summed E-state index contributed by atoms with van der Waals surface area (Å²) in [6.45, 7) is 2.30. The summed E-state index contributed by atoms with van der Waals surface area (Å²) in [7, 11) is 3.67. The number of aldehydes is 1. The van der Waals surface area contributed by atoms with Gasteiger partial charge in [-0.25, -0.2) is 8.78 Å². The van der Waals surface area contributed by atoms with Crippen molar-refractivity contribution >= 4 is 17.9 Å². The maximum atomic E-state index is 13.3. The van der Waals surface area contributed by atoms with Gasteiger partial charge in [-0.2, -0.15) is 0 Å². The molecule has 0 aliphatic rings. The summed E-state index contributed by atoms with van der Waals surface area (Å²) in [5.74, 6) is -3.17. The number of carbonyl (C=O) groups excluding carboxylic acids is 2. The van der Waals surface area contributed by atoms with E-state index in [1.165, 1.54) is 12.3 Å².